The normalized spacial score (nSPS) is 11.4. The number of hydrogen-bond donors (Lipinski definition) is 1. The zero-order valence-electron chi connectivity index (χ0n) is 13.6. The van der Waals surface area contributed by atoms with E-state index >= 15 is 0 Å². The minimum Gasteiger partial charge on any atom is -0.361 e. The van der Waals surface area contributed by atoms with Crippen LogP contribution in [0.25, 0.3) is 27.8 Å². The molecule has 5 aromatic rings. The number of aromatic amines is 1. The molecule has 0 aliphatic rings. The number of benzene rings is 1. The second-order valence-corrected chi connectivity index (χ2v) is 6.08. The molecule has 0 aliphatic carbocycles. The van der Waals surface area contributed by atoms with Gasteiger partial charge in [0.1, 0.15) is 11.5 Å². The van der Waals surface area contributed by atoms with Crippen molar-refractivity contribution >= 4 is 16.4 Å². The number of nitrogens with zero attached hydrogens (tertiary/aromatic N) is 3. The highest BCUT2D eigenvalue weighted by molar-refractivity contribution is 5.83. The quantitative estimate of drug-likeness (QED) is 0.532. The van der Waals surface area contributed by atoms with E-state index < -0.39 is 0 Å². The first-order valence-electron chi connectivity index (χ1n) is 8.32. The van der Waals surface area contributed by atoms with Gasteiger partial charge in [-0.25, -0.2) is 4.98 Å². The van der Waals surface area contributed by atoms with Gasteiger partial charge in [-0.15, -0.1) is 0 Å². The predicted octanol–water partition coefficient (Wildman–Crippen LogP) is 4.47. The Labute approximate surface area is 144 Å². The molecule has 1 N–H and O–H groups in total. The van der Waals surface area contributed by atoms with Crippen molar-refractivity contribution < 1.29 is 0 Å². The van der Waals surface area contributed by atoms with Gasteiger partial charge in [-0.2, -0.15) is 0 Å². The van der Waals surface area contributed by atoms with E-state index in [1.807, 2.05) is 42.6 Å². The van der Waals surface area contributed by atoms with Gasteiger partial charge >= 0.3 is 0 Å². The number of fused-ring (bicyclic) bond motifs is 2. The fourth-order valence-corrected chi connectivity index (χ4v) is 3.37. The lowest BCUT2D eigenvalue weighted by Crippen LogP contribution is -1.95. The van der Waals surface area contributed by atoms with Crippen LogP contribution in [0, 0.1) is 0 Å². The van der Waals surface area contributed by atoms with E-state index in [0.29, 0.717) is 0 Å². The molecule has 4 aromatic heterocycles. The number of imidazole rings is 1. The second kappa shape index (κ2) is 5.60. The fourth-order valence-electron chi connectivity index (χ4n) is 3.37. The van der Waals surface area contributed by atoms with Crippen LogP contribution in [0.15, 0.2) is 79.3 Å². The summed E-state index contributed by atoms with van der Waals surface area (Å²) in [7, 11) is 0. The third kappa shape index (κ3) is 2.31. The molecule has 4 heteroatoms. The van der Waals surface area contributed by atoms with Gasteiger partial charge in [0.25, 0.3) is 0 Å². The van der Waals surface area contributed by atoms with Crippen LogP contribution in [0.3, 0.4) is 0 Å². The molecular weight excluding hydrogens is 308 g/mol. The number of nitrogens with one attached hydrogen (secondary N) is 1. The Balaban J connectivity index is 1.67. The zero-order valence-corrected chi connectivity index (χ0v) is 13.6. The Morgan fingerprint density at radius 3 is 2.72 bits per heavy atom. The Morgan fingerprint density at radius 2 is 1.80 bits per heavy atom. The van der Waals surface area contributed by atoms with Crippen LogP contribution in [0.4, 0.5) is 0 Å². The van der Waals surface area contributed by atoms with Crippen LogP contribution in [0.5, 0.6) is 0 Å². The highest BCUT2D eigenvalue weighted by Crippen LogP contribution is 2.26. The third-order valence-electron chi connectivity index (χ3n) is 4.55. The smallest absolute Gasteiger partial charge is 0.118 e. The first kappa shape index (κ1) is 14.0. The summed E-state index contributed by atoms with van der Waals surface area (Å²) in [6.07, 6.45) is 6.72. The molecule has 0 aliphatic heterocycles. The molecular formula is C21H16N4. The summed E-state index contributed by atoms with van der Waals surface area (Å²) in [4.78, 5) is 12.8. The SMILES string of the molecule is c1ccc(-c2nc(Cc3c[nH]c4ccccc34)n3ccccc23)nc1. The van der Waals surface area contributed by atoms with Crippen molar-refractivity contribution in [1.29, 1.82) is 0 Å². The Hall–Kier alpha value is -3.40. The van der Waals surface area contributed by atoms with Gasteiger partial charge in [0.15, 0.2) is 0 Å². The van der Waals surface area contributed by atoms with E-state index in [1.165, 1.54) is 10.9 Å². The Bertz CT molecular complexity index is 1170. The van der Waals surface area contributed by atoms with Crippen molar-refractivity contribution in [1.82, 2.24) is 19.4 Å². The average molecular weight is 324 g/mol. The van der Waals surface area contributed by atoms with Crippen molar-refractivity contribution in [2.24, 2.45) is 0 Å². The topological polar surface area (TPSA) is 46.0 Å². The molecule has 4 nitrogen and oxygen atoms in total. The van der Waals surface area contributed by atoms with Crippen molar-refractivity contribution in [3.8, 4) is 11.4 Å². The van der Waals surface area contributed by atoms with Gasteiger partial charge in [-0.05, 0) is 35.9 Å². The lowest BCUT2D eigenvalue weighted by molar-refractivity contribution is 0.966. The summed E-state index contributed by atoms with van der Waals surface area (Å²) in [5.74, 6) is 1.01. The van der Waals surface area contributed by atoms with Gasteiger partial charge in [0.2, 0.25) is 0 Å². The van der Waals surface area contributed by atoms with Crippen molar-refractivity contribution in [2.75, 3.05) is 0 Å². The maximum Gasteiger partial charge on any atom is 0.118 e. The molecule has 120 valence electrons. The number of pyridine rings is 2. The molecule has 0 radical (unpaired) electrons. The minimum absolute atomic E-state index is 0.766. The highest BCUT2D eigenvalue weighted by Gasteiger charge is 2.14. The summed E-state index contributed by atoms with van der Waals surface area (Å²) in [6.45, 7) is 0. The molecule has 0 saturated carbocycles. The fraction of sp³-hybridized carbons (Fsp3) is 0.0476. The molecule has 0 amide bonds. The molecule has 0 unspecified atom stereocenters. The monoisotopic (exact) mass is 324 g/mol. The minimum atomic E-state index is 0.766. The first-order chi connectivity index (χ1) is 12.4. The largest absolute Gasteiger partial charge is 0.361 e. The van der Waals surface area contributed by atoms with Crippen molar-refractivity contribution in [3.63, 3.8) is 0 Å². The molecule has 0 bridgehead atoms. The Morgan fingerprint density at radius 1 is 0.920 bits per heavy atom. The first-order valence-corrected chi connectivity index (χ1v) is 8.32. The molecule has 4 heterocycles. The van der Waals surface area contributed by atoms with E-state index in [-0.39, 0.29) is 0 Å². The summed E-state index contributed by atoms with van der Waals surface area (Å²) in [5.41, 5.74) is 5.31. The standard InChI is InChI=1S/C21H16N4/c1-2-8-17-16(7-1)15(14-23-17)13-20-24-21(18-9-3-5-11-22-18)19-10-4-6-12-25(19)20/h1-12,14,23H,13H2. The Kier molecular flexibility index (Phi) is 3.13. The highest BCUT2D eigenvalue weighted by atomic mass is 15.0. The summed E-state index contributed by atoms with van der Waals surface area (Å²) in [5, 5.41) is 1.24. The van der Waals surface area contributed by atoms with E-state index in [0.717, 1.165) is 34.7 Å². The number of para-hydroxylation sites is 1. The third-order valence-corrected chi connectivity index (χ3v) is 4.55. The van der Waals surface area contributed by atoms with Crippen LogP contribution in [-0.2, 0) is 6.42 Å². The molecule has 0 atom stereocenters. The summed E-state index contributed by atoms with van der Waals surface area (Å²) < 4.78 is 2.16. The van der Waals surface area contributed by atoms with Gasteiger partial charge < -0.3 is 9.38 Å². The second-order valence-electron chi connectivity index (χ2n) is 6.08. The molecule has 5 rings (SSSR count). The van der Waals surface area contributed by atoms with E-state index in [1.54, 1.807) is 0 Å². The average Bonchev–Trinajstić information content (AvgIpc) is 3.25. The zero-order chi connectivity index (χ0) is 16.6. The molecule has 0 fully saturated rings. The molecule has 1 aromatic carbocycles. The number of hydrogen-bond acceptors (Lipinski definition) is 2. The van der Waals surface area contributed by atoms with E-state index in [2.05, 4.69) is 51.0 Å². The van der Waals surface area contributed by atoms with Gasteiger partial charge in [0.05, 0.1) is 11.2 Å². The van der Waals surface area contributed by atoms with Gasteiger partial charge in [0, 0.05) is 35.9 Å². The van der Waals surface area contributed by atoms with Crippen LogP contribution in [0.2, 0.25) is 0 Å². The summed E-state index contributed by atoms with van der Waals surface area (Å²) in [6, 6.07) is 20.5. The van der Waals surface area contributed by atoms with Crippen LogP contribution in [0.1, 0.15) is 11.4 Å². The maximum atomic E-state index is 4.93. The number of rotatable bonds is 3. The van der Waals surface area contributed by atoms with Crippen LogP contribution in [-0.4, -0.2) is 19.4 Å². The summed E-state index contributed by atoms with van der Waals surface area (Å²) >= 11 is 0. The van der Waals surface area contributed by atoms with Gasteiger partial charge in [-0.3, -0.25) is 4.98 Å². The maximum absolute atomic E-state index is 4.93. The van der Waals surface area contributed by atoms with E-state index in [9.17, 15) is 0 Å². The number of H-pyrrole nitrogens is 1. The molecule has 0 spiro atoms. The number of aromatic nitrogens is 4. The molecule has 25 heavy (non-hydrogen) atoms. The van der Waals surface area contributed by atoms with Crippen LogP contribution >= 0.6 is 0 Å². The lowest BCUT2D eigenvalue weighted by atomic mass is 10.1. The van der Waals surface area contributed by atoms with Crippen LogP contribution < -0.4 is 0 Å². The van der Waals surface area contributed by atoms with Crippen molar-refractivity contribution in [3.05, 3.63) is 90.6 Å². The van der Waals surface area contributed by atoms with Crippen molar-refractivity contribution in [2.45, 2.75) is 6.42 Å². The molecule has 0 saturated heterocycles. The lowest BCUT2D eigenvalue weighted by Gasteiger charge is -2.00. The van der Waals surface area contributed by atoms with E-state index in [4.69, 9.17) is 4.98 Å². The van der Waals surface area contributed by atoms with Gasteiger partial charge in [-0.1, -0.05) is 30.3 Å². The predicted molar refractivity (Wildman–Crippen MR) is 99.5 cm³/mol.